The number of aromatic nitrogens is 2. The molecule has 1 aromatic heterocycles. The van der Waals surface area contributed by atoms with Crippen molar-refractivity contribution in [3.8, 4) is 11.3 Å². The zero-order valence-electron chi connectivity index (χ0n) is 17.8. The van der Waals surface area contributed by atoms with Crippen LogP contribution in [0.25, 0.3) is 11.3 Å². The Labute approximate surface area is 195 Å². The van der Waals surface area contributed by atoms with Gasteiger partial charge in [-0.15, -0.1) is 24.8 Å². The van der Waals surface area contributed by atoms with E-state index in [0.29, 0.717) is 5.95 Å². The van der Waals surface area contributed by atoms with Crippen molar-refractivity contribution < 1.29 is 0 Å². The molecule has 0 amide bonds. The van der Waals surface area contributed by atoms with E-state index in [0.717, 1.165) is 46.5 Å². The molecule has 8 heteroatoms. The number of halogens is 2. The van der Waals surface area contributed by atoms with E-state index < -0.39 is 0 Å². The summed E-state index contributed by atoms with van der Waals surface area (Å²) in [5.74, 6) is 0.440. The molecule has 2 aromatic carbocycles. The van der Waals surface area contributed by atoms with Gasteiger partial charge in [0.05, 0.1) is 17.6 Å². The number of fused-ring (bicyclic) bond motifs is 1. The van der Waals surface area contributed by atoms with E-state index in [4.69, 9.17) is 22.0 Å². The minimum absolute atomic E-state index is 0. The third kappa shape index (κ3) is 4.75. The van der Waals surface area contributed by atoms with Gasteiger partial charge in [-0.3, -0.25) is 5.41 Å². The van der Waals surface area contributed by atoms with Gasteiger partial charge in [-0.25, -0.2) is 9.66 Å². The molecule has 0 spiro atoms. The number of imidazole rings is 1. The average Bonchev–Trinajstić information content (AvgIpc) is 3.25. The highest BCUT2D eigenvalue weighted by molar-refractivity contribution is 6.08. The van der Waals surface area contributed by atoms with Gasteiger partial charge >= 0.3 is 0 Å². The summed E-state index contributed by atoms with van der Waals surface area (Å²) in [6.07, 6.45) is 3.47. The number of amidine groups is 1. The summed E-state index contributed by atoms with van der Waals surface area (Å²) >= 11 is 0. The van der Waals surface area contributed by atoms with Crippen molar-refractivity contribution in [1.82, 2.24) is 9.66 Å². The lowest BCUT2D eigenvalue weighted by atomic mass is 9.86. The van der Waals surface area contributed by atoms with Crippen molar-refractivity contribution in [3.63, 3.8) is 0 Å². The molecule has 164 valence electrons. The Bertz CT molecular complexity index is 1120. The standard InChI is InChI=1S/C23H26N6.2ClH/c1-23(2,3)15-9-7-14(8-10-15)20-13-29(22(26)27-20)28-19-12-11-16-17(19)5-4-6-18(16)21(24)25;;/h4-10,13H,11-12H2,1-3H3,(H3,24,25)(H2,26,27);2*1H. The monoisotopic (exact) mass is 458 g/mol. The molecule has 6 nitrogen and oxygen atoms in total. The lowest BCUT2D eigenvalue weighted by Crippen LogP contribution is -2.13. The van der Waals surface area contributed by atoms with Gasteiger partial charge in [0, 0.05) is 16.7 Å². The molecule has 0 radical (unpaired) electrons. The first kappa shape index (κ1) is 24.4. The van der Waals surface area contributed by atoms with Gasteiger partial charge in [0.2, 0.25) is 5.95 Å². The van der Waals surface area contributed by atoms with Crippen molar-refractivity contribution in [2.75, 3.05) is 5.73 Å². The molecule has 3 aromatic rings. The van der Waals surface area contributed by atoms with E-state index in [1.807, 2.05) is 24.4 Å². The number of benzene rings is 2. The van der Waals surface area contributed by atoms with Gasteiger partial charge in [0.15, 0.2) is 0 Å². The van der Waals surface area contributed by atoms with E-state index in [-0.39, 0.29) is 36.1 Å². The van der Waals surface area contributed by atoms with Crippen LogP contribution in [0.3, 0.4) is 0 Å². The van der Waals surface area contributed by atoms with E-state index in [2.05, 4.69) is 50.0 Å². The summed E-state index contributed by atoms with van der Waals surface area (Å²) < 4.78 is 1.64. The predicted molar refractivity (Wildman–Crippen MR) is 133 cm³/mol. The van der Waals surface area contributed by atoms with Gasteiger partial charge in [-0.05, 0) is 29.4 Å². The second kappa shape index (κ2) is 9.12. The zero-order chi connectivity index (χ0) is 20.8. The number of nitrogens with one attached hydrogen (secondary N) is 1. The Kier molecular flexibility index (Phi) is 7.19. The third-order valence-electron chi connectivity index (χ3n) is 5.38. The minimum atomic E-state index is 0. The molecule has 0 saturated carbocycles. The van der Waals surface area contributed by atoms with Crippen molar-refractivity contribution in [1.29, 1.82) is 5.41 Å². The second-order valence-corrected chi connectivity index (χ2v) is 8.45. The number of nitrogens with two attached hydrogens (primary N) is 2. The molecular formula is C23H28Cl2N6. The molecular weight excluding hydrogens is 431 g/mol. The molecule has 1 aliphatic carbocycles. The first-order valence-corrected chi connectivity index (χ1v) is 9.74. The van der Waals surface area contributed by atoms with Gasteiger partial charge in [0.1, 0.15) is 5.84 Å². The number of nitrogens with zero attached hydrogens (tertiary/aromatic N) is 3. The van der Waals surface area contributed by atoms with Crippen molar-refractivity contribution in [2.45, 2.75) is 39.0 Å². The Morgan fingerprint density at radius 1 is 1.06 bits per heavy atom. The average molecular weight is 459 g/mol. The Morgan fingerprint density at radius 2 is 1.74 bits per heavy atom. The summed E-state index contributed by atoms with van der Waals surface area (Å²) in [4.78, 5) is 4.50. The highest BCUT2D eigenvalue weighted by atomic mass is 35.5. The quantitative estimate of drug-likeness (QED) is 0.389. The maximum absolute atomic E-state index is 7.78. The van der Waals surface area contributed by atoms with Gasteiger partial charge in [-0.2, -0.15) is 5.10 Å². The molecule has 31 heavy (non-hydrogen) atoms. The highest BCUT2D eigenvalue weighted by Crippen LogP contribution is 2.28. The normalized spacial score (nSPS) is 14.0. The molecule has 0 aliphatic heterocycles. The fraction of sp³-hybridized carbons (Fsp3) is 0.261. The first-order valence-electron chi connectivity index (χ1n) is 9.74. The summed E-state index contributed by atoms with van der Waals surface area (Å²) in [5.41, 5.74) is 18.9. The van der Waals surface area contributed by atoms with Crippen LogP contribution in [0.5, 0.6) is 0 Å². The van der Waals surface area contributed by atoms with E-state index in [1.165, 1.54) is 5.56 Å². The largest absolute Gasteiger partial charge is 0.384 e. The molecule has 1 heterocycles. The van der Waals surface area contributed by atoms with Crippen LogP contribution in [0.4, 0.5) is 5.95 Å². The molecule has 0 bridgehead atoms. The summed E-state index contributed by atoms with van der Waals surface area (Å²) in [7, 11) is 0. The Balaban J connectivity index is 0.00000171. The number of hydrogen-bond acceptors (Lipinski definition) is 4. The SMILES string of the molecule is CC(C)(C)c1ccc(-c2cn(N=C3CCc4c(C(=N)N)cccc43)c(N)n2)cc1.Cl.Cl. The van der Waals surface area contributed by atoms with Crippen LogP contribution < -0.4 is 11.5 Å². The maximum atomic E-state index is 7.78. The highest BCUT2D eigenvalue weighted by Gasteiger charge is 2.22. The lowest BCUT2D eigenvalue weighted by Gasteiger charge is -2.18. The Hall–Kier alpha value is -2.83. The number of rotatable bonds is 3. The van der Waals surface area contributed by atoms with Crippen molar-refractivity contribution in [2.24, 2.45) is 10.8 Å². The van der Waals surface area contributed by atoms with Crippen LogP contribution in [0.1, 0.15) is 49.4 Å². The number of anilines is 1. The predicted octanol–water partition coefficient (Wildman–Crippen LogP) is 4.76. The molecule has 4 rings (SSSR count). The number of nitrogen functional groups attached to an aromatic ring is 2. The topological polar surface area (TPSA) is 106 Å². The van der Waals surface area contributed by atoms with E-state index >= 15 is 0 Å². The molecule has 0 unspecified atom stereocenters. The first-order chi connectivity index (χ1) is 13.7. The van der Waals surface area contributed by atoms with E-state index in [9.17, 15) is 0 Å². The second-order valence-electron chi connectivity index (χ2n) is 8.45. The zero-order valence-corrected chi connectivity index (χ0v) is 19.5. The lowest BCUT2D eigenvalue weighted by molar-refractivity contribution is 0.590. The van der Waals surface area contributed by atoms with Crippen LogP contribution >= 0.6 is 24.8 Å². The Morgan fingerprint density at radius 3 is 2.35 bits per heavy atom. The summed E-state index contributed by atoms with van der Waals surface area (Å²) in [6, 6.07) is 14.2. The van der Waals surface area contributed by atoms with Crippen molar-refractivity contribution in [3.05, 3.63) is 70.9 Å². The van der Waals surface area contributed by atoms with Crippen LogP contribution in [-0.4, -0.2) is 21.2 Å². The molecule has 0 atom stereocenters. The smallest absolute Gasteiger partial charge is 0.221 e. The van der Waals surface area contributed by atoms with Crippen LogP contribution in [-0.2, 0) is 11.8 Å². The molecule has 0 saturated heterocycles. The van der Waals surface area contributed by atoms with Gasteiger partial charge in [-0.1, -0.05) is 63.2 Å². The number of hydrogen-bond donors (Lipinski definition) is 3. The third-order valence-corrected chi connectivity index (χ3v) is 5.38. The van der Waals surface area contributed by atoms with Crippen LogP contribution in [0, 0.1) is 5.41 Å². The van der Waals surface area contributed by atoms with E-state index in [1.54, 1.807) is 4.68 Å². The van der Waals surface area contributed by atoms with Gasteiger partial charge in [0.25, 0.3) is 0 Å². The van der Waals surface area contributed by atoms with Gasteiger partial charge < -0.3 is 11.5 Å². The fourth-order valence-electron chi connectivity index (χ4n) is 3.74. The maximum Gasteiger partial charge on any atom is 0.221 e. The molecule has 1 aliphatic rings. The summed E-state index contributed by atoms with van der Waals surface area (Å²) in [6.45, 7) is 6.59. The molecule has 5 N–H and O–H groups in total. The minimum Gasteiger partial charge on any atom is -0.384 e. The fourth-order valence-corrected chi connectivity index (χ4v) is 3.74. The molecule has 0 fully saturated rings. The van der Waals surface area contributed by atoms with Crippen LogP contribution in [0.2, 0.25) is 0 Å². The van der Waals surface area contributed by atoms with Crippen LogP contribution in [0.15, 0.2) is 53.8 Å². The van der Waals surface area contributed by atoms with Crippen molar-refractivity contribution >= 4 is 42.3 Å². The summed E-state index contributed by atoms with van der Waals surface area (Å²) in [5, 5.41) is 12.5.